The fraction of sp³-hybridized carbons (Fsp3) is 0.692. The maximum absolute atomic E-state index is 5.46. The van der Waals surface area contributed by atoms with E-state index in [-0.39, 0.29) is 0 Å². The summed E-state index contributed by atoms with van der Waals surface area (Å²) in [6, 6.07) is 2.73. The Hall–Kier alpha value is 0.1000. The van der Waals surface area contributed by atoms with Crippen molar-refractivity contribution < 1.29 is 4.74 Å². The fourth-order valence-corrected chi connectivity index (χ4v) is 3.99. The Balaban J connectivity index is 1.89. The number of hydrogen-bond donors (Lipinski definition) is 1. The van der Waals surface area contributed by atoms with Crippen molar-refractivity contribution in [1.29, 1.82) is 0 Å². The first-order valence-corrected chi connectivity index (χ1v) is 7.99. The van der Waals surface area contributed by atoms with Gasteiger partial charge in [0, 0.05) is 28.6 Å². The highest BCUT2D eigenvalue weighted by Crippen LogP contribution is 2.26. The van der Waals surface area contributed by atoms with Gasteiger partial charge < -0.3 is 10.1 Å². The average Bonchev–Trinajstić information content (AvgIpc) is 2.92. The highest BCUT2D eigenvalue weighted by atomic mass is 79.9. The molecule has 2 atom stereocenters. The van der Waals surface area contributed by atoms with Crippen LogP contribution in [0, 0.1) is 5.92 Å². The van der Waals surface area contributed by atoms with Gasteiger partial charge in [0.1, 0.15) is 0 Å². The van der Waals surface area contributed by atoms with Gasteiger partial charge in [-0.1, -0.05) is 6.92 Å². The normalized spacial score (nSPS) is 21.9. The molecule has 0 amide bonds. The van der Waals surface area contributed by atoms with Gasteiger partial charge in [-0.3, -0.25) is 0 Å². The fourth-order valence-electron chi connectivity index (χ4n) is 2.39. The van der Waals surface area contributed by atoms with Crippen LogP contribution in [0.3, 0.4) is 0 Å². The van der Waals surface area contributed by atoms with Crippen LogP contribution in [0.4, 0.5) is 0 Å². The van der Waals surface area contributed by atoms with Crippen molar-refractivity contribution in [2.45, 2.75) is 32.2 Å². The molecule has 0 bridgehead atoms. The molecule has 2 rings (SSSR count). The lowest BCUT2D eigenvalue weighted by molar-refractivity contribution is 0.181. The maximum Gasteiger partial charge on any atom is 0.0495 e. The number of rotatable bonds is 6. The van der Waals surface area contributed by atoms with Gasteiger partial charge in [0.05, 0.1) is 0 Å². The molecular weight excluding hydrogens is 298 g/mol. The Bertz CT molecular complexity index is 336. The smallest absolute Gasteiger partial charge is 0.0495 e. The van der Waals surface area contributed by atoms with Crippen LogP contribution >= 0.6 is 27.3 Å². The molecule has 1 aliphatic rings. The maximum atomic E-state index is 5.46. The molecule has 17 heavy (non-hydrogen) atoms. The topological polar surface area (TPSA) is 21.3 Å². The number of ether oxygens (including phenoxy) is 1. The number of thiophene rings is 1. The van der Waals surface area contributed by atoms with Crippen LogP contribution in [-0.4, -0.2) is 25.8 Å². The van der Waals surface area contributed by atoms with E-state index in [1.807, 2.05) is 11.3 Å². The third kappa shape index (κ3) is 4.05. The van der Waals surface area contributed by atoms with Crippen LogP contribution in [0.2, 0.25) is 0 Å². The van der Waals surface area contributed by atoms with E-state index in [4.69, 9.17) is 4.74 Å². The summed E-state index contributed by atoms with van der Waals surface area (Å²) in [6.07, 6.45) is 3.59. The van der Waals surface area contributed by atoms with Gasteiger partial charge in [-0.2, -0.15) is 0 Å². The summed E-state index contributed by atoms with van der Waals surface area (Å²) in [4.78, 5) is 1.45. The van der Waals surface area contributed by atoms with E-state index < -0.39 is 0 Å². The Labute approximate surface area is 116 Å². The van der Waals surface area contributed by atoms with Gasteiger partial charge in [0.25, 0.3) is 0 Å². The van der Waals surface area contributed by atoms with E-state index in [0.717, 1.165) is 32.1 Å². The second kappa shape index (κ2) is 6.88. The Morgan fingerprint density at radius 2 is 2.53 bits per heavy atom. The second-order valence-corrected chi connectivity index (χ2v) is 6.47. The van der Waals surface area contributed by atoms with Crippen molar-refractivity contribution in [3.8, 4) is 0 Å². The monoisotopic (exact) mass is 317 g/mol. The van der Waals surface area contributed by atoms with Gasteiger partial charge in [0.15, 0.2) is 0 Å². The summed E-state index contributed by atoms with van der Waals surface area (Å²) in [6.45, 7) is 5.13. The molecule has 1 aromatic rings. The molecule has 0 radical (unpaired) electrons. The molecule has 0 aliphatic carbocycles. The lowest BCUT2D eigenvalue weighted by Crippen LogP contribution is -2.33. The Kier molecular flexibility index (Phi) is 5.48. The first kappa shape index (κ1) is 13.5. The van der Waals surface area contributed by atoms with Gasteiger partial charge >= 0.3 is 0 Å². The Morgan fingerprint density at radius 1 is 1.65 bits per heavy atom. The third-order valence-electron chi connectivity index (χ3n) is 3.26. The molecule has 1 saturated heterocycles. The zero-order chi connectivity index (χ0) is 12.1. The van der Waals surface area contributed by atoms with Crippen molar-refractivity contribution >= 4 is 27.3 Å². The first-order chi connectivity index (χ1) is 8.29. The number of likely N-dealkylation sites (N-methyl/N-ethyl adjacent to an activating group) is 1. The molecule has 1 aliphatic heterocycles. The van der Waals surface area contributed by atoms with Crippen LogP contribution in [-0.2, 0) is 11.2 Å². The highest BCUT2D eigenvalue weighted by molar-refractivity contribution is 9.10. The minimum absolute atomic E-state index is 0.585. The Morgan fingerprint density at radius 3 is 3.12 bits per heavy atom. The van der Waals surface area contributed by atoms with Crippen molar-refractivity contribution in [2.24, 2.45) is 5.92 Å². The predicted molar refractivity (Wildman–Crippen MR) is 76.7 cm³/mol. The van der Waals surface area contributed by atoms with Crippen LogP contribution in [0.15, 0.2) is 15.9 Å². The summed E-state index contributed by atoms with van der Waals surface area (Å²) in [5, 5.41) is 5.76. The predicted octanol–water partition coefficient (Wildman–Crippen LogP) is 3.46. The van der Waals surface area contributed by atoms with Gasteiger partial charge in [-0.15, -0.1) is 11.3 Å². The second-order valence-electron chi connectivity index (χ2n) is 4.62. The van der Waals surface area contributed by atoms with Crippen LogP contribution in [0.1, 0.15) is 24.6 Å². The van der Waals surface area contributed by atoms with Gasteiger partial charge in [-0.25, -0.2) is 0 Å². The van der Waals surface area contributed by atoms with Crippen molar-refractivity contribution in [3.05, 3.63) is 20.8 Å². The summed E-state index contributed by atoms with van der Waals surface area (Å²) in [7, 11) is 0. The molecule has 0 spiro atoms. The van der Waals surface area contributed by atoms with Crippen molar-refractivity contribution in [1.82, 2.24) is 5.32 Å². The number of nitrogens with one attached hydrogen (secondary N) is 1. The summed E-state index contributed by atoms with van der Waals surface area (Å²) in [5.74, 6) is 0.748. The SMILES string of the molecule is CCNC(Cc1sccc1Br)CC1CCOC1. The molecular formula is C13H20BrNOS. The van der Waals surface area contributed by atoms with Crippen LogP contribution in [0.25, 0.3) is 0 Å². The van der Waals surface area contributed by atoms with Crippen molar-refractivity contribution in [2.75, 3.05) is 19.8 Å². The largest absolute Gasteiger partial charge is 0.381 e. The van der Waals surface area contributed by atoms with E-state index >= 15 is 0 Å². The van der Waals surface area contributed by atoms with Crippen LogP contribution < -0.4 is 5.32 Å². The number of hydrogen-bond acceptors (Lipinski definition) is 3. The molecule has 2 heterocycles. The van der Waals surface area contributed by atoms with Gasteiger partial charge in [-0.05, 0) is 59.1 Å². The lowest BCUT2D eigenvalue weighted by Gasteiger charge is -2.20. The minimum Gasteiger partial charge on any atom is -0.381 e. The van der Waals surface area contributed by atoms with E-state index in [2.05, 4.69) is 39.6 Å². The van der Waals surface area contributed by atoms with E-state index in [9.17, 15) is 0 Å². The first-order valence-electron chi connectivity index (χ1n) is 6.32. The summed E-state index contributed by atoms with van der Waals surface area (Å²) in [5.41, 5.74) is 0. The molecule has 0 aromatic carbocycles. The van der Waals surface area contributed by atoms with Crippen LogP contribution in [0.5, 0.6) is 0 Å². The molecule has 1 aromatic heterocycles. The molecule has 2 nitrogen and oxygen atoms in total. The molecule has 2 unspecified atom stereocenters. The zero-order valence-corrected chi connectivity index (χ0v) is 12.6. The van der Waals surface area contributed by atoms with Crippen molar-refractivity contribution in [3.63, 3.8) is 0 Å². The molecule has 96 valence electrons. The van der Waals surface area contributed by atoms with E-state index in [0.29, 0.717) is 6.04 Å². The quantitative estimate of drug-likeness (QED) is 0.867. The average molecular weight is 318 g/mol. The highest BCUT2D eigenvalue weighted by Gasteiger charge is 2.21. The third-order valence-corrected chi connectivity index (χ3v) is 5.21. The molecule has 1 N–H and O–H groups in total. The standard InChI is InChI=1S/C13H20BrNOS/c1-2-15-11(7-10-3-5-16-9-10)8-13-12(14)4-6-17-13/h4,6,10-11,15H,2-3,5,7-9H2,1H3. The molecule has 1 fully saturated rings. The number of halogens is 1. The minimum atomic E-state index is 0.585. The van der Waals surface area contributed by atoms with E-state index in [1.54, 1.807) is 0 Å². The lowest BCUT2D eigenvalue weighted by atomic mass is 9.96. The van der Waals surface area contributed by atoms with E-state index in [1.165, 1.54) is 22.2 Å². The molecule has 4 heteroatoms. The zero-order valence-electron chi connectivity index (χ0n) is 10.2. The summed E-state index contributed by atoms with van der Waals surface area (Å²) < 4.78 is 6.72. The van der Waals surface area contributed by atoms with Gasteiger partial charge in [0.2, 0.25) is 0 Å². The molecule has 0 saturated carbocycles. The summed E-state index contributed by atoms with van der Waals surface area (Å²) >= 11 is 5.46.